The van der Waals surface area contributed by atoms with Crippen LogP contribution in [0.25, 0.3) is 22.0 Å². The Morgan fingerprint density at radius 2 is 1.71 bits per heavy atom. The quantitative estimate of drug-likeness (QED) is 0.370. The smallest absolute Gasteiger partial charge is 0.338 e. The van der Waals surface area contributed by atoms with Crippen LogP contribution in [0.4, 0.5) is 0 Å². The predicted octanol–water partition coefficient (Wildman–Crippen LogP) is 5.97. The fourth-order valence-corrected chi connectivity index (χ4v) is 4.09. The molecule has 4 rings (SSSR count). The minimum Gasteiger partial charge on any atom is -0.462 e. The summed E-state index contributed by atoms with van der Waals surface area (Å²) in [7, 11) is 0. The number of carbonyl (C=O) groups is 1. The molecule has 0 spiro atoms. The number of ether oxygens (including phenoxy) is 1. The average Bonchev–Trinajstić information content (AvgIpc) is 3.16. The van der Waals surface area contributed by atoms with Crippen molar-refractivity contribution in [2.45, 2.75) is 26.8 Å². The van der Waals surface area contributed by atoms with E-state index in [-0.39, 0.29) is 5.97 Å². The number of aryl methyl sites for hydroxylation is 1. The second kappa shape index (κ2) is 8.89. The molecule has 0 unspecified atom stereocenters. The lowest BCUT2D eigenvalue weighted by molar-refractivity contribution is 0.0527. The number of hydrogen-bond donors (Lipinski definition) is 0. The van der Waals surface area contributed by atoms with E-state index >= 15 is 0 Å². The fourth-order valence-electron chi connectivity index (χ4n) is 4.09. The summed E-state index contributed by atoms with van der Waals surface area (Å²) in [5, 5.41) is 10.4. The Morgan fingerprint density at radius 3 is 2.45 bits per heavy atom. The van der Waals surface area contributed by atoms with Gasteiger partial charge in [0.25, 0.3) is 0 Å². The molecule has 0 bridgehead atoms. The number of aromatic nitrogens is 1. The van der Waals surface area contributed by atoms with Crippen molar-refractivity contribution in [1.29, 1.82) is 5.26 Å². The van der Waals surface area contributed by atoms with Crippen molar-refractivity contribution in [1.82, 2.24) is 4.57 Å². The summed E-state index contributed by atoms with van der Waals surface area (Å²) in [4.78, 5) is 12.5. The van der Waals surface area contributed by atoms with Crippen molar-refractivity contribution in [3.05, 3.63) is 95.2 Å². The maximum atomic E-state index is 12.5. The van der Waals surface area contributed by atoms with Crippen molar-refractivity contribution in [2.24, 2.45) is 0 Å². The monoisotopic (exact) mass is 408 g/mol. The van der Waals surface area contributed by atoms with Gasteiger partial charge in [-0.05, 0) is 54.3 Å². The van der Waals surface area contributed by atoms with Crippen LogP contribution in [0.15, 0.2) is 72.9 Å². The van der Waals surface area contributed by atoms with E-state index in [4.69, 9.17) is 4.74 Å². The Kier molecular flexibility index (Phi) is 5.86. The van der Waals surface area contributed by atoms with Crippen molar-refractivity contribution in [2.75, 3.05) is 6.61 Å². The third kappa shape index (κ3) is 3.95. The van der Waals surface area contributed by atoms with Gasteiger partial charge < -0.3 is 9.30 Å². The first-order chi connectivity index (χ1) is 15.2. The van der Waals surface area contributed by atoms with E-state index in [9.17, 15) is 10.1 Å². The van der Waals surface area contributed by atoms with Crippen molar-refractivity contribution in [3.63, 3.8) is 0 Å². The van der Waals surface area contributed by atoms with Crippen LogP contribution in [0, 0.1) is 11.3 Å². The molecule has 1 heterocycles. The average molecular weight is 409 g/mol. The van der Waals surface area contributed by atoms with Crippen LogP contribution >= 0.6 is 0 Å². The highest BCUT2D eigenvalue weighted by Crippen LogP contribution is 2.32. The van der Waals surface area contributed by atoms with Crippen molar-refractivity contribution < 1.29 is 9.53 Å². The normalized spacial score (nSPS) is 10.7. The van der Waals surface area contributed by atoms with Crippen LogP contribution in [0.5, 0.6) is 0 Å². The van der Waals surface area contributed by atoms with Crippen LogP contribution in [-0.2, 0) is 17.7 Å². The lowest BCUT2D eigenvalue weighted by atomic mass is 9.92. The minimum absolute atomic E-state index is 0.306. The summed E-state index contributed by atoms with van der Waals surface area (Å²) in [5.41, 5.74) is 6.55. The molecule has 0 aliphatic carbocycles. The molecule has 0 atom stereocenters. The van der Waals surface area contributed by atoms with Gasteiger partial charge in [0.15, 0.2) is 0 Å². The third-order valence-electron chi connectivity index (χ3n) is 5.55. The van der Waals surface area contributed by atoms with Crippen LogP contribution in [0.2, 0.25) is 0 Å². The maximum Gasteiger partial charge on any atom is 0.338 e. The largest absolute Gasteiger partial charge is 0.462 e. The second-order valence-corrected chi connectivity index (χ2v) is 7.38. The first-order valence-corrected chi connectivity index (χ1v) is 10.5. The van der Waals surface area contributed by atoms with Crippen LogP contribution in [0.1, 0.15) is 40.9 Å². The molecule has 154 valence electrons. The van der Waals surface area contributed by atoms with E-state index in [2.05, 4.69) is 35.9 Å². The number of esters is 1. The van der Waals surface area contributed by atoms with Gasteiger partial charge in [-0.25, -0.2) is 4.79 Å². The highest BCUT2D eigenvalue weighted by atomic mass is 16.5. The molecule has 0 N–H and O–H groups in total. The van der Waals surface area contributed by atoms with Gasteiger partial charge in [-0.15, -0.1) is 0 Å². The molecule has 0 amide bonds. The number of rotatable bonds is 6. The van der Waals surface area contributed by atoms with Crippen LogP contribution in [0.3, 0.4) is 0 Å². The zero-order valence-electron chi connectivity index (χ0n) is 17.8. The molecule has 4 nitrogen and oxygen atoms in total. The Labute approximate surface area is 182 Å². The highest BCUT2D eigenvalue weighted by Gasteiger charge is 2.17. The summed E-state index contributed by atoms with van der Waals surface area (Å²) in [6.45, 7) is 5.09. The molecule has 0 saturated carbocycles. The Bertz CT molecular complexity index is 1290. The molecule has 0 aliphatic heterocycles. The van der Waals surface area contributed by atoms with E-state index in [1.807, 2.05) is 61.5 Å². The zero-order valence-corrected chi connectivity index (χ0v) is 17.8. The summed E-state index contributed by atoms with van der Waals surface area (Å²) in [5.74, 6) is -0.306. The van der Waals surface area contributed by atoms with Crippen molar-refractivity contribution in [3.8, 4) is 17.2 Å². The van der Waals surface area contributed by atoms with Crippen LogP contribution in [-0.4, -0.2) is 17.1 Å². The standard InChI is InChI=1S/C27H24N2O2/c1-3-29-18-21(23-14-13-19(17-28)15-26(23)29)16-20-9-5-6-10-22(20)24-11-7-8-12-25(24)27(30)31-4-2/h5-15,18H,3-4,16H2,1-2H3. The summed E-state index contributed by atoms with van der Waals surface area (Å²) in [6, 6.07) is 23.9. The molecule has 0 aliphatic rings. The molecule has 0 saturated heterocycles. The number of benzene rings is 3. The topological polar surface area (TPSA) is 55.0 Å². The van der Waals surface area contributed by atoms with Gasteiger partial charge in [-0.2, -0.15) is 5.26 Å². The van der Waals surface area contributed by atoms with E-state index < -0.39 is 0 Å². The number of nitrogens with zero attached hydrogens (tertiary/aromatic N) is 2. The van der Waals surface area contributed by atoms with Gasteiger partial charge in [0.05, 0.1) is 23.8 Å². The Hall–Kier alpha value is -3.84. The Balaban J connectivity index is 1.81. The van der Waals surface area contributed by atoms with E-state index in [0.717, 1.165) is 40.6 Å². The Morgan fingerprint density at radius 1 is 0.968 bits per heavy atom. The molecular formula is C27H24N2O2. The second-order valence-electron chi connectivity index (χ2n) is 7.38. The summed E-state index contributed by atoms with van der Waals surface area (Å²) >= 11 is 0. The lowest BCUT2D eigenvalue weighted by Crippen LogP contribution is -2.07. The number of hydrogen-bond acceptors (Lipinski definition) is 3. The van der Waals surface area contributed by atoms with E-state index in [1.165, 1.54) is 5.56 Å². The first kappa shape index (κ1) is 20.4. The number of carbonyl (C=O) groups excluding carboxylic acids is 1. The van der Waals surface area contributed by atoms with Gasteiger partial charge in [0, 0.05) is 30.1 Å². The van der Waals surface area contributed by atoms with Gasteiger partial charge >= 0.3 is 5.97 Å². The lowest BCUT2D eigenvalue weighted by Gasteiger charge is -2.13. The van der Waals surface area contributed by atoms with E-state index in [0.29, 0.717) is 17.7 Å². The molecule has 3 aromatic carbocycles. The SMILES string of the molecule is CCOC(=O)c1ccccc1-c1ccccc1Cc1cn(CC)c2cc(C#N)ccc12. The zero-order chi connectivity index (χ0) is 21.8. The minimum atomic E-state index is -0.306. The number of fused-ring (bicyclic) bond motifs is 1. The first-order valence-electron chi connectivity index (χ1n) is 10.5. The molecule has 4 heteroatoms. The van der Waals surface area contributed by atoms with E-state index in [1.54, 1.807) is 0 Å². The number of nitriles is 1. The van der Waals surface area contributed by atoms with Crippen LogP contribution < -0.4 is 0 Å². The molecule has 1 aromatic heterocycles. The molecular weight excluding hydrogens is 384 g/mol. The summed E-state index contributed by atoms with van der Waals surface area (Å²) in [6.07, 6.45) is 2.89. The molecule has 31 heavy (non-hydrogen) atoms. The maximum absolute atomic E-state index is 12.5. The fraction of sp³-hybridized carbons (Fsp3) is 0.185. The molecule has 0 radical (unpaired) electrons. The molecule has 4 aromatic rings. The van der Waals surface area contributed by atoms with Crippen molar-refractivity contribution >= 4 is 16.9 Å². The van der Waals surface area contributed by atoms with Gasteiger partial charge in [-0.3, -0.25) is 0 Å². The van der Waals surface area contributed by atoms with Gasteiger partial charge in [0.2, 0.25) is 0 Å². The highest BCUT2D eigenvalue weighted by molar-refractivity contribution is 5.98. The molecule has 0 fully saturated rings. The van der Waals surface area contributed by atoms with Gasteiger partial charge in [0.1, 0.15) is 0 Å². The summed E-state index contributed by atoms with van der Waals surface area (Å²) < 4.78 is 7.46. The predicted molar refractivity (Wildman–Crippen MR) is 123 cm³/mol. The third-order valence-corrected chi connectivity index (χ3v) is 5.55. The van der Waals surface area contributed by atoms with Gasteiger partial charge in [-0.1, -0.05) is 48.5 Å².